The Kier molecular flexibility index (Phi) is 55.2. The first-order valence-corrected chi connectivity index (χ1v) is 30.0. The van der Waals surface area contributed by atoms with Gasteiger partial charge in [0.25, 0.3) is 0 Å². The molecule has 0 aromatic carbocycles. The van der Waals surface area contributed by atoms with E-state index in [2.05, 4.69) is 57.2 Å². The van der Waals surface area contributed by atoms with Crippen molar-refractivity contribution in [2.45, 2.75) is 329 Å². The summed E-state index contributed by atoms with van der Waals surface area (Å²) in [7, 11) is 0. The molecule has 0 rings (SSSR count). The van der Waals surface area contributed by atoms with Gasteiger partial charge in [0.1, 0.15) is 13.2 Å². The van der Waals surface area contributed by atoms with E-state index in [4.69, 9.17) is 14.2 Å². The van der Waals surface area contributed by atoms with Gasteiger partial charge in [-0.05, 0) is 70.6 Å². The summed E-state index contributed by atoms with van der Waals surface area (Å²) in [6, 6.07) is 0. The van der Waals surface area contributed by atoms with Crippen LogP contribution in [0.15, 0.2) is 36.5 Å². The van der Waals surface area contributed by atoms with Crippen LogP contribution in [0.5, 0.6) is 0 Å². The third-order valence-electron chi connectivity index (χ3n) is 13.4. The largest absolute Gasteiger partial charge is 0.462 e. The van der Waals surface area contributed by atoms with E-state index in [1.165, 1.54) is 212 Å². The van der Waals surface area contributed by atoms with Gasteiger partial charge in [-0.15, -0.1) is 0 Å². The molecule has 68 heavy (non-hydrogen) atoms. The average molecular weight is 956 g/mol. The molecule has 1 unspecified atom stereocenters. The average Bonchev–Trinajstić information content (AvgIpc) is 3.34. The van der Waals surface area contributed by atoms with Gasteiger partial charge in [-0.2, -0.15) is 0 Å². The van der Waals surface area contributed by atoms with Crippen LogP contribution in [0.1, 0.15) is 323 Å². The van der Waals surface area contributed by atoms with Crippen molar-refractivity contribution in [3.05, 3.63) is 36.5 Å². The zero-order chi connectivity index (χ0) is 49.3. The Morgan fingerprint density at radius 1 is 0.294 bits per heavy atom. The summed E-state index contributed by atoms with van der Waals surface area (Å²) >= 11 is 0. The van der Waals surface area contributed by atoms with E-state index in [-0.39, 0.29) is 31.1 Å². The highest BCUT2D eigenvalue weighted by Crippen LogP contribution is 2.17. The molecule has 0 spiro atoms. The summed E-state index contributed by atoms with van der Waals surface area (Å²) in [5, 5.41) is 0. The molecule has 0 heterocycles. The van der Waals surface area contributed by atoms with E-state index >= 15 is 0 Å². The molecule has 0 saturated carbocycles. The number of rotatable bonds is 55. The topological polar surface area (TPSA) is 78.9 Å². The van der Waals surface area contributed by atoms with E-state index in [9.17, 15) is 14.4 Å². The molecule has 0 radical (unpaired) electrons. The second-order valence-electron chi connectivity index (χ2n) is 20.3. The van der Waals surface area contributed by atoms with Crippen LogP contribution in [0.3, 0.4) is 0 Å². The fourth-order valence-corrected chi connectivity index (χ4v) is 8.84. The Morgan fingerprint density at radius 3 is 0.853 bits per heavy atom. The summed E-state index contributed by atoms with van der Waals surface area (Å²) in [6.45, 7) is 6.64. The van der Waals surface area contributed by atoms with Gasteiger partial charge < -0.3 is 14.2 Å². The lowest BCUT2D eigenvalue weighted by Crippen LogP contribution is -2.30. The smallest absolute Gasteiger partial charge is 0.306 e. The minimum absolute atomic E-state index is 0.0755. The van der Waals surface area contributed by atoms with Crippen LogP contribution in [0, 0.1) is 0 Å². The molecule has 0 saturated heterocycles. The Morgan fingerprint density at radius 2 is 0.529 bits per heavy atom. The third kappa shape index (κ3) is 54.6. The molecule has 6 heteroatoms. The van der Waals surface area contributed by atoms with Crippen LogP contribution in [0.25, 0.3) is 0 Å². The van der Waals surface area contributed by atoms with Crippen LogP contribution in [-0.4, -0.2) is 37.2 Å². The Bertz CT molecular complexity index is 1140. The number of hydrogen-bond donors (Lipinski definition) is 0. The van der Waals surface area contributed by atoms with Gasteiger partial charge in [0.15, 0.2) is 6.10 Å². The van der Waals surface area contributed by atoms with Crippen LogP contribution >= 0.6 is 0 Å². The number of carbonyl (C=O) groups is 3. The quantitative estimate of drug-likeness (QED) is 0.0199. The van der Waals surface area contributed by atoms with Crippen molar-refractivity contribution < 1.29 is 28.6 Å². The van der Waals surface area contributed by atoms with Crippen LogP contribution in [-0.2, 0) is 28.6 Å². The number of carbonyl (C=O) groups excluding carboxylic acids is 3. The Balaban J connectivity index is 4.34. The highest BCUT2D eigenvalue weighted by molar-refractivity contribution is 5.71. The van der Waals surface area contributed by atoms with E-state index < -0.39 is 6.10 Å². The summed E-state index contributed by atoms with van der Waals surface area (Å²) in [5.41, 5.74) is 0. The monoisotopic (exact) mass is 955 g/mol. The standard InChI is InChI=1S/C62H114O6/c1-4-7-10-13-16-19-22-25-28-30-31-32-35-37-40-43-46-49-52-55-61(64)67-58-59(57-66-60(63)54-51-48-45-42-39-36-33-27-24-21-18-15-12-9-6-3)68-62(65)56-53-50-47-44-41-38-34-29-26-23-20-17-14-11-8-5-2/h18,21,24,27,29,34,59H,4-17,19-20,22-23,25-26,28,30-33,35-58H2,1-3H3/b21-18-,27-24-,34-29-. The van der Waals surface area contributed by atoms with Gasteiger partial charge in [-0.1, -0.05) is 269 Å². The maximum Gasteiger partial charge on any atom is 0.306 e. The van der Waals surface area contributed by atoms with Crippen LogP contribution < -0.4 is 0 Å². The summed E-state index contributed by atoms with van der Waals surface area (Å²) < 4.78 is 16.9. The zero-order valence-electron chi connectivity index (χ0n) is 45.6. The molecular formula is C62H114O6. The van der Waals surface area contributed by atoms with E-state index in [0.29, 0.717) is 19.3 Å². The first-order chi connectivity index (χ1) is 33.5. The predicted molar refractivity (Wildman–Crippen MR) is 293 cm³/mol. The van der Waals surface area contributed by atoms with Crippen molar-refractivity contribution in [3.8, 4) is 0 Å². The van der Waals surface area contributed by atoms with Crippen molar-refractivity contribution in [3.63, 3.8) is 0 Å². The first-order valence-electron chi connectivity index (χ1n) is 30.0. The van der Waals surface area contributed by atoms with Crippen molar-refractivity contribution in [1.82, 2.24) is 0 Å². The molecule has 0 amide bonds. The maximum atomic E-state index is 12.9. The van der Waals surface area contributed by atoms with Crippen molar-refractivity contribution in [2.24, 2.45) is 0 Å². The molecule has 0 aliphatic carbocycles. The Labute approximate surface area is 423 Å². The zero-order valence-corrected chi connectivity index (χ0v) is 45.6. The van der Waals surface area contributed by atoms with Crippen LogP contribution in [0.4, 0.5) is 0 Å². The predicted octanol–water partition coefficient (Wildman–Crippen LogP) is 20.0. The number of unbranched alkanes of at least 4 members (excludes halogenated alkanes) is 39. The van der Waals surface area contributed by atoms with Gasteiger partial charge in [0, 0.05) is 19.3 Å². The number of allylic oxidation sites excluding steroid dienone is 6. The molecule has 398 valence electrons. The van der Waals surface area contributed by atoms with Crippen molar-refractivity contribution >= 4 is 17.9 Å². The van der Waals surface area contributed by atoms with Crippen molar-refractivity contribution in [1.29, 1.82) is 0 Å². The van der Waals surface area contributed by atoms with E-state index in [1.54, 1.807) is 0 Å². The number of hydrogen-bond acceptors (Lipinski definition) is 6. The van der Waals surface area contributed by atoms with Gasteiger partial charge in [-0.3, -0.25) is 14.4 Å². The minimum Gasteiger partial charge on any atom is -0.462 e. The van der Waals surface area contributed by atoms with Crippen LogP contribution in [0.2, 0.25) is 0 Å². The van der Waals surface area contributed by atoms with Gasteiger partial charge in [0.2, 0.25) is 0 Å². The normalized spacial score (nSPS) is 12.2. The molecule has 0 aromatic heterocycles. The molecule has 6 nitrogen and oxygen atoms in total. The molecule has 0 bridgehead atoms. The fourth-order valence-electron chi connectivity index (χ4n) is 8.84. The molecule has 0 aliphatic rings. The van der Waals surface area contributed by atoms with Gasteiger partial charge in [-0.25, -0.2) is 0 Å². The molecular weight excluding hydrogens is 841 g/mol. The highest BCUT2D eigenvalue weighted by Gasteiger charge is 2.19. The molecule has 1 atom stereocenters. The van der Waals surface area contributed by atoms with Crippen molar-refractivity contribution in [2.75, 3.05) is 13.2 Å². The lowest BCUT2D eigenvalue weighted by Gasteiger charge is -2.18. The second kappa shape index (κ2) is 57.2. The maximum absolute atomic E-state index is 12.9. The van der Waals surface area contributed by atoms with E-state index in [0.717, 1.165) is 70.6 Å². The van der Waals surface area contributed by atoms with Gasteiger partial charge >= 0.3 is 17.9 Å². The Hall–Kier alpha value is -2.37. The SMILES string of the molecule is CCCCC/C=C\C=C/CCCCCCCCC(=O)OCC(COC(=O)CCCCCCCCCCCCCCCCCCCCC)OC(=O)CCCCCCC/C=C\CCCCCCCCC. The fraction of sp³-hybridized carbons (Fsp3) is 0.855. The minimum atomic E-state index is -0.779. The summed E-state index contributed by atoms with van der Waals surface area (Å²) in [4.78, 5) is 38.2. The first kappa shape index (κ1) is 65.6. The molecule has 0 aliphatic heterocycles. The highest BCUT2D eigenvalue weighted by atomic mass is 16.6. The van der Waals surface area contributed by atoms with Gasteiger partial charge in [0.05, 0.1) is 0 Å². The third-order valence-corrected chi connectivity index (χ3v) is 13.4. The second-order valence-corrected chi connectivity index (χ2v) is 20.3. The summed E-state index contributed by atoms with van der Waals surface area (Å²) in [6.07, 6.45) is 68.5. The molecule has 0 N–H and O–H groups in total. The number of esters is 3. The number of ether oxygens (including phenoxy) is 3. The van der Waals surface area contributed by atoms with E-state index in [1.807, 2.05) is 0 Å². The summed E-state index contributed by atoms with van der Waals surface area (Å²) in [5.74, 6) is -0.877. The lowest BCUT2D eigenvalue weighted by molar-refractivity contribution is -0.167. The molecule has 0 fully saturated rings. The lowest BCUT2D eigenvalue weighted by atomic mass is 10.0. The molecule has 0 aromatic rings.